The fraction of sp³-hybridized carbons (Fsp3) is 0.333. The molecule has 0 spiro atoms. The van der Waals surface area contributed by atoms with Gasteiger partial charge in [-0.15, -0.1) is 0 Å². The Labute approximate surface area is 141 Å². The molecule has 0 aliphatic carbocycles. The van der Waals surface area contributed by atoms with E-state index in [0.29, 0.717) is 10.7 Å². The van der Waals surface area contributed by atoms with Gasteiger partial charge >= 0.3 is 0 Å². The van der Waals surface area contributed by atoms with Crippen molar-refractivity contribution in [3.8, 4) is 0 Å². The standard InChI is InChI=1S/C18H20ClN3O/c1-13-6-5-7-15(20-13)18(23)21-16-12-14(19)8-9-17(16)22-10-3-2-4-11-22/h5-9,12H,2-4,10-11H2,1H3,(H,21,23). The number of anilines is 2. The summed E-state index contributed by atoms with van der Waals surface area (Å²) in [5, 5.41) is 3.57. The molecule has 0 radical (unpaired) electrons. The fourth-order valence-electron chi connectivity index (χ4n) is 2.87. The molecule has 1 saturated heterocycles. The highest BCUT2D eigenvalue weighted by Crippen LogP contribution is 2.31. The average Bonchev–Trinajstić information content (AvgIpc) is 2.56. The molecule has 5 heteroatoms. The second-order valence-corrected chi connectivity index (χ2v) is 6.26. The Morgan fingerprint density at radius 1 is 1.17 bits per heavy atom. The zero-order valence-corrected chi connectivity index (χ0v) is 13.9. The van der Waals surface area contributed by atoms with Crippen molar-refractivity contribution in [1.82, 2.24) is 4.98 Å². The van der Waals surface area contributed by atoms with Crippen LogP contribution in [0.15, 0.2) is 36.4 Å². The van der Waals surface area contributed by atoms with Gasteiger partial charge in [0.05, 0.1) is 11.4 Å². The summed E-state index contributed by atoms with van der Waals surface area (Å²) >= 11 is 6.12. The third-order valence-electron chi connectivity index (χ3n) is 4.02. The van der Waals surface area contributed by atoms with Crippen LogP contribution in [0.4, 0.5) is 11.4 Å². The molecule has 1 aliphatic heterocycles. The van der Waals surface area contributed by atoms with Crippen LogP contribution in [-0.2, 0) is 0 Å². The summed E-state index contributed by atoms with van der Waals surface area (Å²) in [6.45, 7) is 3.88. The molecule has 2 heterocycles. The molecule has 1 amide bonds. The Bertz CT molecular complexity index is 711. The Morgan fingerprint density at radius 2 is 1.96 bits per heavy atom. The number of benzene rings is 1. The molecule has 0 atom stereocenters. The number of aromatic nitrogens is 1. The van der Waals surface area contributed by atoms with E-state index in [1.807, 2.05) is 31.2 Å². The molecule has 0 unspecified atom stereocenters. The first-order chi connectivity index (χ1) is 11.1. The summed E-state index contributed by atoms with van der Waals surface area (Å²) in [5.74, 6) is -0.214. The van der Waals surface area contributed by atoms with Crippen molar-refractivity contribution in [1.29, 1.82) is 0 Å². The highest BCUT2D eigenvalue weighted by molar-refractivity contribution is 6.31. The highest BCUT2D eigenvalue weighted by atomic mass is 35.5. The molecule has 0 bridgehead atoms. The SMILES string of the molecule is Cc1cccc(C(=O)Nc2cc(Cl)ccc2N2CCCCC2)n1. The van der Waals surface area contributed by atoms with Crippen LogP contribution in [0.2, 0.25) is 5.02 Å². The van der Waals surface area contributed by atoms with Gasteiger partial charge in [-0.1, -0.05) is 17.7 Å². The van der Waals surface area contributed by atoms with E-state index in [1.54, 1.807) is 12.1 Å². The Kier molecular flexibility index (Phi) is 4.82. The molecular formula is C18H20ClN3O. The Morgan fingerprint density at radius 3 is 2.70 bits per heavy atom. The molecule has 2 aromatic rings. The summed E-state index contributed by atoms with van der Waals surface area (Å²) in [7, 11) is 0. The van der Waals surface area contributed by atoms with Crippen molar-refractivity contribution in [2.45, 2.75) is 26.2 Å². The summed E-state index contributed by atoms with van der Waals surface area (Å²) < 4.78 is 0. The van der Waals surface area contributed by atoms with Crippen LogP contribution in [0.3, 0.4) is 0 Å². The van der Waals surface area contributed by atoms with Crippen LogP contribution in [-0.4, -0.2) is 24.0 Å². The smallest absolute Gasteiger partial charge is 0.274 e. The van der Waals surface area contributed by atoms with Crippen LogP contribution < -0.4 is 10.2 Å². The van der Waals surface area contributed by atoms with Crippen LogP contribution in [0.1, 0.15) is 35.4 Å². The minimum Gasteiger partial charge on any atom is -0.370 e. The van der Waals surface area contributed by atoms with Gasteiger partial charge in [0.15, 0.2) is 0 Å². The second kappa shape index (κ2) is 7.01. The first-order valence-electron chi connectivity index (χ1n) is 7.93. The quantitative estimate of drug-likeness (QED) is 0.913. The molecule has 120 valence electrons. The van der Waals surface area contributed by atoms with E-state index in [9.17, 15) is 4.79 Å². The van der Waals surface area contributed by atoms with Gasteiger partial charge in [0.1, 0.15) is 5.69 Å². The monoisotopic (exact) mass is 329 g/mol. The molecule has 1 aromatic carbocycles. The number of nitrogens with one attached hydrogen (secondary N) is 1. The van der Waals surface area contributed by atoms with Crippen molar-refractivity contribution >= 4 is 28.9 Å². The Balaban J connectivity index is 1.86. The molecular weight excluding hydrogens is 310 g/mol. The minimum absolute atomic E-state index is 0.214. The molecule has 23 heavy (non-hydrogen) atoms. The molecule has 4 nitrogen and oxygen atoms in total. The van der Waals surface area contributed by atoms with Crippen molar-refractivity contribution in [2.24, 2.45) is 0 Å². The number of rotatable bonds is 3. The maximum atomic E-state index is 12.5. The van der Waals surface area contributed by atoms with E-state index < -0.39 is 0 Å². The minimum atomic E-state index is -0.214. The predicted molar refractivity (Wildman–Crippen MR) is 94.4 cm³/mol. The Hall–Kier alpha value is -2.07. The maximum absolute atomic E-state index is 12.5. The van der Waals surface area contributed by atoms with Crippen molar-refractivity contribution < 1.29 is 4.79 Å². The van der Waals surface area contributed by atoms with Crippen molar-refractivity contribution in [3.63, 3.8) is 0 Å². The highest BCUT2D eigenvalue weighted by Gasteiger charge is 2.17. The number of pyridine rings is 1. The van der Waals surface area contributed by atoms with Crippen molar-refractivity contribution in [2.75, 3.05) is 23.3 Å². The topological polar surface area (TPSA) is 45.2 Å². The predicted octanol–water partition coefficient (Wildman–Crippen LogP) is 4.29. The van der Waals surface area contributed by atoms with Gasteiger partial charge < -0.3 is 10.2 Å². The van der Waals surface area contributed by atoms with Crippen LogP contribution >= 0.6 is 11.6 Å². The molecule has 1 N–H and O–H groups in total. The fourth-order valence-corrected chi connectivity index (χ4v) is 3.05. The summed E-state index contributed by atoms with van der Waals surface area (Å²) in [5.41, 5.74) is 3.00. The molecule has 1 aliphatic rings. The van der Waals surface area contributed by atoms with E-state index in [4.69, 9.17) is 11.6 Å². The van der Waals surface area contributed by atoms with Crippen LogP contribution in [0, 0.1) is 6.92 Å². The van der Waals surface area contributed by atoms with E-state index in [0.717, 1.165) is 30.2 Å². The summed E-state index contributed by atoms with van der Waals surface area (Å²) in [4.78, 5) is 19.1. The number of carbonyl (C=O) groups is 1. The third kappa shape index (κ3) is 3.82. The number of hydrogen-bond acceptors (Lipinski definition) is 3. The number of carbonyl (C=O) groups excluding carboxylic acids is 1. The molecule has 0 saturated carbocycles. The van der Waals surface area contributed by atoms with Gasteiger partial charge in [0.2, 0.25) is 0 Å². The van der Waals surface area contributed by atoms with E-state index in [2.05, 4.69) is 15.2 Å². The summed E-state index contributed by atoms with van der Waals surface area (Å²) in [6.07, 6.45) is 3.61. The van der Waals surface area contributed by atoms with Crippen LogP contribution in [0.5, 0.6) is 0 Å². The molecule has 1 aromatic heterocycles. The summed E-state index contributed by atoms with van der Waals surface area (Å²) in [6, 6.07) is 11.1. The molecule has 3 rings (SSSR count). The lowest BCUT2D eigenvalue weighted by Crippen LogP contribution is -2.30. The number of amides is 1. The van der Waals surface area contributed by atoms with Gasteiger partial charge in [-0.2, -0.15) is 0 Å². The van der Waals surface area contributed by atoms with E-state index in [1.165, 1.54) is 19.3 Å². The second-order valence-electron chi connectivity index (χ2n) is 5.83. The van der Waals surface area contributed by atoms with Crippen LogP contribution in [0.25, 0.3) is 0 Å². The van der Waals surface area contributed by atoms with Gasteiger partial charge in [-0.05, 0) is 56.5 Å². The lowest BCUT2D eigenvalue weighted by molar-refractivity contribution is 0.102. The van der Waals surface area contributed by atoms with Gasteiger partial charge in [0.25, 0.3) is 5.91 Å². The number of nitrogens with zero attached hydrogens (tertiary/aromatic N) is 2. The zero-order chi connectivity index (χ0) is 16.2. The molecule has 1 fully saturated rings. The van der Waals surface area contributed by atoms with E-state index >= 15 is 0 Å². The van der Waals surface area contributed by atoms with Gasteiger partial charge in [-0.3, -0.25) is 4.79 Å². The van der Waals surface area contributed by atoms with E-state index in [-0.39, 0.29) is 5.91 Å². The number of piperidine rings is 1. The maximum Gasteiger partial charge on any atom is 0.274 e. The number of halogens is 1. The first kappa shape index (κ1) is 15.8. The average molecular weight is 330 g/mol. The largest absolute Gasteiger partial charge is 0.370 e. The lowest BCUT2D eigenvalue weighted by atomic mass is 10.1. The van der Waals surface area contributed by atoms with Crippen molar-refractivity contribution in [3.05, 3.63) is 52.8 Å². The third-order valence-corrected chi connectivity index (χ3v) is 4.26. The normalized spacial score (nSPS) is 14.6. The number of hydrogen-bond donors (Lipinski definition) is 1. The first-order valence-corrected chi connectivity index (χ1v) is 8.31. The van der Waals surface area contributed by atoms with Gasteiger partial charge in [-0.25, -0.2) is 4.98 Å². The van der Waals surface area contributed by atoms with Gasteiger partial charge in [0, 0.05) is 23.8 Å². The lowest BCUT2D eigenvalue weighted by Gasteiger charge is -2.30. The zero-order valence-electron chi connectivity index (χ0n) is 13.2. The number of aryl methyl sites for hydroxylation is 1.